The van der Waals surface area contributed by atoms with Crippen LogP contribution in [0.3, 0.4) is 0 Å². The van der Waals surface area contributed by atoms with Crippen LogP contribution >= 0.6 is 0 Å². The topological polar surface area (TPSA) is 81.0 Å². The Hall–Kier alpha value is -4.52. The number of hydrogen-bond acceptors (Lipinski definition) is 5. The Morgan fingerprint density at radius 2 is 1.64 bits per heavy atom. The highest BCUT2D eigenvalue weighted by Crippen LogP contribution is 2.45. The largest absolute Gasteiger partial charge is 0.507 e. The second kappa shape index (κ2) is 10.7. The number of fused-ring (bicyclic) bond motifs is 1. The first-order chi connectivity index (χ1) is 18.9. The molecule has 1 unspecified atom stereocenters. The van der Waals surface area contributed by atoms with Gasteiger partial charge in [0.25, 0.3) is 11.7 Å². The molecule has 1 aliphatic heterocycles. The van der Waals surface area contributed by atoms with E-state index in [0.29, 0.717) is 36.0 Å². The lowest BCUT2D eigenvalue weighted by Gasteiger charge is -2.25. The lowest BCUT2D eigenvalue weighted by atomic mass is 9.94. The van der Waals surface area contributed by atoms with Gasteiger partial charge in [-0.2, -0.15) is 0 Å². The number of aliphatic hydroxyl groups excluding tert-OH is 1. The second-order valence-electron chi connectivity index (χ2n) is 9.43. The van der Waals surface area contributed by atoms with Crippen molar-refractivity contribution in [3.8, 4) is 11.5 Å². The van der Waals surface area contributed by atoms with Crippen LogP contribution in [-0.4, -0.2) is 34.6 Å². The van der Waals surface area contributed by atoms with Gasteiger partial charge >= 0.3 is 0 Å². The third-order valence-electron chi connectivity index (χ3n) is 7.11. The molecule has 7 nitrogen and oxygen atoms in total. The highest BCUT2D eigenvalue weighted by molar-refractivity contribution is 6.52. The lowest BCUT2D eigenvalue weighted by molar-refractivity contribution is -0.132. The molecule has 1 atom stereocenters. The number of anilines is 1. The molecule has 0 saturated carbocycles. The number of nitrogens with zero attached hydrogens (tertiary/aromatic N) is 2. The van der Waals surface area contributed by atoms with Crippen molar-refractivity contribution >= 4 is 34.0 Å². The number of hydrogen-bond donors (Lipinski definition) is 1. The fourth-order valence-electron chi connectivity index (χ4n) is 5.25. The minimum Gasteiger partial charge on any atom is -0.507 e. The zero-order valence-corrected chi connectivity index (χ0v) is 22.6. The number of rotatable bonds is 8. The lowest BCUT2D eigenvalue weighted by Crippen LogP contribution is -2.29. The molecule has 7 heteroatoms. The maximum absolute atomic E-state index is 13.7. The van der Waals surface area contributed by atoms with Gasteiger partial charge < -0.3 is 19.1 Å². The molecule has 0 bridgehead atoms. The normalized spacial score (nSPS) is 16.7. The smallest absolute Gasteiger partial charge is 0.300 e. The van der Waals surface area contributed by atoms with Gasteiger partial charge in [0.05, 0.1) is 30.4 Å². The van der Waals surface area contributed by atoms with Crippen molar-refractivity contribution < 1.29 is 24.2 Å². The van der Waals surface area contributed by atoms with Crippen molar-refractivity contribution in [3.05, 3.63) is 95.2 Å². The zero-order valence-electron chi connectivity index (χ0n) is 22.6. The second-order valence-corrected chi connectivity index (χ2v) is 9.43. The van der Waals surface area contributed by atoms with Crippen molar-refractivity contribution in [2.45, 2.75) is 33.2 Å². The number of amides is 1. The SMILES string of the molecule is CCOc1ccc(/C(O)=C2\C(=O)C(=O)N(c3ccc(CC)cc3)C2c2cn(C)c3ccccc23)c(OCC)c1. The maximum Gasteiger partial charge on any atom is 0.300 e. The zero-order chi connectivity index (χ0) is 27.7. The van der Waals surface area contributed by atoms with Gasteiger partial charge in [0.2, 0.25) is 0 Å². The highest BCUT2D eigenvalue weighted by Gasteiger charge is 2.48. The molecule has 3 aromatic carbocycles. The minimum atomic E-state index is -0.843. The number of aliphatic hydroxyl groups is 1. The summed E-state index contributed by atoms with van der Waals surface area (Å²) < 4.78 is 13.4. The van der Waals surface area contributed by atoms with E-state index >= 15 is 0 Å². The van der Waals surface area contributed by atoms with E-state index in [1.54, 1.807) is 18.2 Å². The molecule has 1 amide bonds. The summed E-state index contributed by atoms with van der Waals surface area (Å²) in [5.74, 6) is -0.773. The van der Waals surface area contributed by atoms with Crippen molar-refractivity contribution in [3.63, 3.8) is 0 Å². The average molecular weight is 525 g/mol. The summed E-state index contributed by atoms with van der Waals surface area (Å²) in [6, 6.07) is 19.7. The molecule has 5 rings (SSSR count). The molecular weight excluding hydrogens is 492 g/mol. The number of Topliss-reactive ketones (excluding diaryl/α,β-unsaturated/α-hetero) is 1. The van der Waals surface area contributed by atoms with Gasteiger partial charge in [0.15, 0.2) is 0 Å². The predicted molar refractivity (Wildman–Crippen MR) is 152 cm³/mol. The molecule has 200 valence electrons. The van der Waals surface area contributed by atoms with Crippen LogP contribution in [0.1, 0.15) is 43.5 Å². The van der Waals surface area contributed by atoms with Crippen molar-refractivity contribution in [1.82, 2.24) is 4.57 Å². The van der Waals surface area contributed by atoms with Crippen molar-refractivity contribution in [1.29, 1.82) is 0 Å². The van der Waals surface area contributed by atoms with Crippen LogP contribution in [0.15, 0.2) is 78.5 Å². The van der Waals surface area contributed by atoms with E-state index in [-0.39, 0.29) is 11.3 Å². The van der Waals surface area contributed by atoms with Crippen LogP contribution < -0.4 is 14.4 Å². The fraction of sp³-hybridized carbons (Fsp3) is 0.250. The van der Waals surface area contributed by atoms with Gasteiger partial charge in [0, 0.05) is 41.5 Å². The number of ether oxygens (including phenoxy) is 2. The van der Waals surface area contributed by atoms with Gasteiger partial charge in [0.1, 0.15) is 17.3 Å². The number of aromatic nitrogens is 1. The van der Waals surface area contributed by atoms with E-state index in [1.165, 1.54) is 4.90 Å². The summed E-state index contributed by atoms with van der Waals surface area (Å²) in [5, 5.41) is 12.6. The van der Waals surface area contributed by atoms with Gasteiger partial charge in [-0.05, 0) is 56.2 Å². The van der Waals surface area contributed by atoms with Crippen LogP contribution in [0.4, 0.5) is 5.69 Å². The van der Waals surface area contributed by atoms with Crippen LogP contribution in [-0.2, 0) is 23.1 Å². The van der Waals surface area contributed by atoms with E-state index in [2.05, 4.69) is 6.92 Å². The molecule has 0 radical (unpaired) electrons. The van der Waals surface area contributed by atoms with Crippen LogP contribution in [0.5, 0.6) is 11.5 Å². The molecule has 1 aromatic heterocycles. The average Bonchev–Trinajstić information content (AvgIpc) is 3.42. The first-order valence-electron chi connectivity index (χ1n) is 13.2. The molecular formula is C32H32N2O5. The number of para-hydroxylation sites is 1. The van der Waals surface area contributed by atoms with Crippen LogP contribution in [0, 0.1) is 0 Å². The Kier molecular flexibility index (Phi) is 7.15. The van der Waals surface area contributed by atoms with Gasteiger partial charge in [-0.15, -0.1) is 0 Å². The quantitative estimate of drug-likeness (QED) is 0.170. The molecule has 1 saturated heterocycles. The summed E-state index contributed by atoms with van der Waals surface area (Å²) >= 11 is 0. The van der Waals surface area contributed by atoms with Gasteiger partial charge in [-0.1, -0.05) is 37.3 Å². The Bertz CT molecular complexity index is 1580. The minimum absolute atomic E-state index is 0.0148. The number of carbonyl (C=O) groups excluding carboxylic acids is 2. The van der Waals surface area contributed by atoms with E-state index in [0.717, 1.165) is 28.5 Å². The Morgan fingerprint density at radius 1 is 0.923 bits per heavy atom. The standard InChI is InChI=1S/C32H32N2O5/c1-5-20-12-14-21(15-13-20)34-29(25-19-33(4)26-11-9-8-10-23(25)26)28(31(36)32(34)37)30(35)24-17-16-22(38-6-2)18-27(24)39-7-3/h8-19,29,35H,5-7H2,1-4H3/b30-28+. The molecule has 1 aliphatic rings. The molecule has 0 aliphatic carbocycles. The Balaban J connectivity index is 1.77. The Morgan fingerprint density at radius 3 is 2.33 bits per heavy atom. The van der Waals surface area contributed by atoms with Crippen LogP contribution in [0.25, 0.3) is 16.7 Å². The third kappa shape index (κ3) is 4.54. The van der Waals surface area contributed by atoms with Crippen molar-refractivity contribution in [2.75, 3.05) is 18.1 Å². The fourth-order valence-corrected chi connectivity index (χ4v) is 5.25. The first kappa shape index (κ1) is 26.1. The molecule has 1 fully saturated rings. The predicted octanol–water partition coefficient (Wildman–Crippen LogP) is 6.16. The molecule has 2 heterocycles. The van der Waals surface area contributed by atoms with E-state index in [4.69, 9.17) is 9.47 Å². The highest BCUT2D eigenvalue weighted by atomic mass is 16.5. The summed E-state index contributed by atoms with van der Waals surface area (Å²) in [7, 11) is 1.92. The molecule has 1 N–H and O–H groups in total. The van der Waals surface area contributed by atoms with Gasteiger partial charge in [-0.25, -0.2) is 0 Å². The summed E-state index contributed by atoms with van der Waals surface area (Å²) in [4.78, 5) is 28.9. The van der Waals surface area contributed by atoms with E-state index in [1.807, 2.05) is 80.2 Å². The summed E-state index contributed by atoms with van der Waals surface area (Å²) in [6.07, 6.45) is 2.77. The molecule has 0 spiro atoms. The number of ketones is 1. The van der Waals surface area contributed by atoms with E-state index in [9.17, 15) is 14.7 Å². The maximum atomic E-state index is 13.7. The van der Waals surface area contributed by atoms with E-state index < -0.39 is 17.7 Å². The number of carbonyl (C=O) groups is 2. The molecule has 4 aromatic rings. The summed E-state index contributed by atoms with van der Waals surface area (Å²) in [5.41, 5.74) is 3.74. The monoisotopic (exact) mass is 524 g/mol. The number of benzene rings is 3. The molecule has 39 heavy (non-hydrogen) atoms. The van der Waals surface area contributed by atoms with Crippen molar-refractivity contribution in [2.24, 2.45) is 7.05 Å². The summed E-state index contributed by atoms with van der Waals surface area (Å²) in [6.45, 7) is 6.60. The van der Waals surface area contributed by atoms with Gasteiger partial charge in [-0.3, -0.25) is 14.5 Å². The van der Waals surface area contributed by atoms with Crippen LogP contribution in [0.2, 0.25) is 0 Å². The first-order valence-corrected chi connectivity index (χ1v) is 13.2. The number of aryl methyl sites for hydroxylation is 2. The third-order valence-corrected chi connectivity index (χ3v) is 7.11. The Labute approximate surface area is 227 Å².